The number of benzene rings is 3. The standard InChI is InChI=1S/C19H12O2/c1-2-6-13-12(5-1)11-20-18-9-16-14-7-3-4-8-17(14)21-19(16)10-15(13)18/h1-10H,11H2. The minimum atomic E-state index is 0.629. The average molecular weight is 272 g/mol. The molecule has 3 aromatic carbocycles. The van der Waals surface area contributed by atoms with E-state index in [0.29, 0.717) is 6.61 Å². The summed E-state index contributed by atoms with van der Waals surface area (Å²) in [7, 11) is 0. The molecule has 0 aliphatic carbocycles. The van der Waals surface area contributed by atoms with Crippen LogP contribution in [0.3, 0.4) is 0 Å². The Labute approximate surface area is 121 Å². The Morgan fingerprint density at radius 3 is 2.57 bits per heavy atom. The fourth-order valence-electron chi connectivity index (χ4n) is 3.15. The highest BCUT2D eigenvalue weighted by molar-refractivity contribution is 6.07. The van der Waals surface area contributed by atoms with Gasteiger partial charge < -0.3 is 9.15 Å². The van der Waals surface area contributed by atoms with E-state index in [9.17, 15) is 0 Å². The lowest BCUT2D eigenvalue weighted by Crippen LogP contribution is -2.04. The fourth-order valence-corrected chi connectivity index (χ4v) is 3.15. The Morgan fingerprint density at radius 1 is 0.714 bits per heavy atom. The molecule has 0 bridgehead atoms. The monoisotopic (exact) mass is 272 g/mol. The molecule has 1 aromatic heterocycles. The van der Waals surface area contributed by atoms with Gasteiger partial charge in [-0.1, -0.05) is 42.5 Å². The van der Waals surface area contributed by atoms with Crippen molar-refractivity contribution >= 4 is 21.9 Å². The molecule has 0 saturated carbocycles. The lowest BCUT2D eigenvalue weighted by atomic mass is 9.96. The first-order valence-corrected chi connectivity index (χ1v) is 7.06. The van der Waals surface area contributed by atoms with Crippen molar-refractivity contribution in [3.8, 4) is 16.9 Å². The lowest BCUT2D eigenvalue weighted by molar-refractivity contribution is 0.302. The maximum Gasteiger partial charge on any atom is 0.136 e. The second kappa shape index (κ2) is 3.89. The molecule has 1 aliphatic heterocycles. The molecule has 0 fully saturated rings. The molecule has 0 N–H and O–H groups in total. The Kier molecular flexibility index (Phi) is 2.03. The fraction of sp³-hybridized carbons (Fsp3) is 0.0526. The summed E-state index contributed by atoms with van der Waals surface area (Å²) in [5.41, 5.74) is 5.41. The van der Waals surface area contributed by atoms with Crippen LogP contribution >= 0.6 is 0 Å². The third-order valence-electron chi connectivity index (χ3n) is 4.17. The van der Waals surface area contributed by atoms with Gasteiger partial charge in [0.25, 0.3) is 0 Å². The van der Waals surface area contributed by atoms with Gasteiger partial charge in [0, 0.05) is 16.3 Å². The molecule has 2 nitrogen and oxygen atoms in total. The van der Waals surface area contributed by atoms with Gasteiger partial charge in [-0.05, 0) is 29.3 Å². The van der Waals surface area contributed by atoms with E-state index >= 15 is 0 Å². The van der Waals surface area contributed by atoms with Gasteiger partial charge in [-0.3, -0.25) is 0 Å². The molecule has 0 spiro atoms. The summed E-state index contributed by atoms with van der Waals surface area (Å²) >= 11 is 0. The Hall–Kier alpha value is -2.74. The Morgan fingerprint density at radius 2 is 1.57 bits per heavy atom. The number of furan rings is 1. The molecular formula is C19H12O2. The first kappa shape index (κ1) is 11.0. The summed E-state index contributed by atoms with van der Waals surface area (Å²) in [6, 6.07) is 20.7. The number of hydrogen-bond donors (Lipinski definition) is 0. The van der Waals surface area contributed by atoms with E-state index in [-0.39, 0.29) is 0 Å². The number of hydrogen-bond acceptors (Lipinski definition) is 2. The molecule has 0 amide bonds. The molecule has 1 aliphatic rings. The molecule has 0 saturated heterocycles. The molecule has 4 aromatic rings. The maximum atomic E-state index is 5.98. The molecule has 0 atom stereocenters. The molecular weight excluding hydrogens is 260 g/mol. The zero-order valence-electron chi connectivity index (χ0n) is 11.3. The van der Waals surface area contributed by atoms with Crippen LogP contribution in [0.4, 0.5) is 0 Å². The summed E-state index contributed by atoms with van der Waals surface area (Å²) in [4.78, 5) is 0. The smallest absolute Gasteiger partial charge is 0.136 e. The summed E-state index contributed by atoms with van der Waals surface area (Å²) in [6.45, 7) is 0.629. The zero-order valence-corrected chi connectivity index (χ0v) is 11.3. The van der Waals surface area contributed by atoms with E-state index in [1.807, 2.05) is 24.3 Å². The van der Waals surface area contributed by atoms with Gasteiger partial charge in [-0.25, -0.2) is 0 Å². The molecule has 0 unspecified atom stereocenters. The largest absolute Gasteiger partial charge is 0.488 e. The van der Waals surface area contributed by atoms with Crippen molar-refractivity contribution < 1.29 is 9.15 Å². The molecule has 2 heteroatoms. The summed E-state index contributed by atoms with van der Waals surface area (Å²) in [6.07, 6.45) is 0. The Bertz CT molecular complexity index is 995. The van der Waals surface area contributed by atoms with Crippen molar-refractivity contribution in [2.45, 2.75) is 6.61 Å². The van der Waals surface area contributed by atoms with Crippen LogP contribution in [0.5, 0.6) is 5.75 Å². The minimum absolute atomic E-state index is 0.629. The number of ether oxygens (including phenoxy) is 1. The van der Waals surface area contributed by atoms with Crippen LogP contribution < -0.4 is 4.74 Å². The molecule has 100 valence electrons. The van der Waals surface area contributed by atoms with Crippen molar-refractivity contribution in [3.05, 3.63) is 66.2 Å². The van der Waals surface area contributed by atoms with Crippen molar-refractivity contribution in [3.63, 3.8) is 0 Å². The van der Waals surface area contributed by atoms with Gasteiger partial charge in [0.2, 0.25) is 0 Å². The van der Waals surface area contributed by atoms with Crippen molar-refractivity contribution in [1.82, 2.24) is 0 Å². The molecule has 2 heterocycles. The van der Waals surface area contributed by atoms with Crippen LogP contribution in [0, 0.1) is 0 Å². The van der Waals surface area contributed by atoms with Crippen LogP contribution in [0.2, 0.25) is 0 Å². The van der Waals surface area contributed by atoms with Crippen molar-refractivity contribution in [1.29, 1.82) is 0 Å². The van der Waals surface area contributed by atoms with Gasteiger partial charge in [0.15, 0.2) is 0 Å². The van der Waals surface area contributed by atoms with Gasteiger partial charge in [-0.2, -0.15) is 0 Å². The van der Waals surface area contributed by atoms with Gasteiger partial charge >= 0.3 is 0 Å². The van der Waals surface area contributed by atoms with Gasteiger partial charge in [0.1, 0.15) is 23.5 Å². The highest BCUT2D eigenvalue weighted by Crippen LogP contribution is 2.42. The van der Waals surface area contributed by atoms with Crippen LogP contribution in [0.25, 0.3) is 33.1 Å². The van der Waals surface area contributed by atoms with Gasteiger partial charge in [-0.15, -0.1) is 0 Å². The summed E-state index contributed by atoms with van der Waals surface area (Å²) in [5.74, 6) is 0.938. The third kappa shape index (κ3) is 1.47. The normalized spacial score (nSPS) is 13.0. The lowest BCUT2D eigenvalue weighted by Gasteiger charge is -2.20. The van der Waals surface area contributed by atoms with E-state index in [1.54, 1.807) is 0 Å². The van der Waals surface area contributed by atoms with E-state index in [1.165, 1.54) is 11.1 Å². The first-order valence-electron chi connectivity index (χ1n) is 7.06. The number of para-hydroxylation sites is 1. The Balaban J connectivity index is 1.89. The predicted molar refractivity (Wildman–Crippen MR) is 83.5 cm³/mol. The minimum Gasteiger partial charge on any atom is -0.488 e. The molecule has 0 radical (unpaired) electrons. The number of fused-ring (bicyclic) bond motifs is 6. The van der Waals surface area contributed by atoms with E-state index < -0.39 is 0 Å². The first-order chi connectivity index (χ1) is 10.4. The highest BCUT2D eigenvalue weighted by atomic mass is 16.5. The summed E-state index contributed by atoms with van der Waals surface area (Å²) in [5, 5.41) is 2.25. The molecule has 21 heavy (non-hydrogen) atoms. The summed E-state index contributed by atoms with van der Waals surface area (Å²) < 4.78 is 11.9. The quantitative estimate of drug-likeness (QED) is 0.442. The van der Waals surface area contributed by atoms with Crippen molar-refractivity contribution in [2.24, 2.45) is 0 Å². The van der Waals surface area contributed by atoms with E-state index in [4.69, 9.17) is 9.15 Å². The second-order valence-corrected chi connectivity index (χ2v) is 5.39. The number of rotatable bonds is 0. The third-order valence-corrected chi connectivity index (χ3v) is 4.17. The van der Waals surface area contributed by atoms with Crippen LogP contribution in [-0.2, 0) is 6.61 Å². The van der Waals surface area contributed by atoms with E-state index in [2.05, 4.69) is 36.4 Å². The average Bonchev–Trinajstić information content (AvgIpc) is 2.90. The predicted octanol–water partition coefficient (Wildman–Crippen LogP) is 5.15. The SMILES string of the molecule is c1ccc2c(c1)COc1cc3c(cc1-2)oc1ccccc13. The van der Waals surface area contributed by atoms with Gasteiger partial charge in [0.05, 0.1) is 0 Å². The van der Waals surface area contributed by atoms with Crippen molar-refractivity contribution in [2.75, 3.05) is 0 Å². The van der Waals surface area contributed by atoms with Crippen LogP contribution in [-0.4, -0.2) is 0 Å². The zero-order chi connectivity index (χ0) is 13.8. The maximum absolute atomic E-state index is 5.98. The van der Waals surface area contributed by atoms with E-state index in [0.717, 1.165) is 33.3 Å². The van der Waals surface area contributed by atoms with Crippen LogP contribution in [0.1, 0.15) is 5.56 Å². The highest BCUT2D eigenvalue weighted by Gasteiger charge is 2.19. The van der Waals surface area contributed by atoms with Crippen LogP contribution in [0.15, 0.2) is 65.1 Å². The molecule has 5 rings (SSSR count). The topological polar surface area (TPSA) is 22.4 Å². The second-order valence-electron chi connectivity index (χ2n) is 5.39.